The number of anilines is 1. The van der Waals surface area contributed by atoms with E-state index in [0.29, 0.717) is 22.2 Å². The summed E-state index contributed by atoms with van der Waals surface area (Å²) in [5.74, 6) is 0.342. The average molecular weight is 442 g/mol. The topological polar surface area (TPSA) is 90.3 Å². The van der Waals surface area contributed by atoms with Crippen molar-refractivity contribution in [3.05, 3.63) is 44.6 Å². The molecule has 2 aliphatic rings. The number of rotatable bonds is 4. The number of thioether (sulfide) groups is 1. The lowest BCUT2D eigenvalue weighted by molar-refractivity contribution is -0.118. The molecule has 3 heterocycles. The van der Waals surface area contributed by atoms with Gasteiger partial charge in [-0.3, -0.25) is 19.0 Å². The number of aromatic nitrogens is 2. The molecule has 1 aromatic carbocycles. The van der Waals surface area contributed by atoms with Gasteiger partial charge in [-0.1, -0.05) is 11.8 Å². The number of nitrogens with zero attached hydrogens (tertiary/aromatic N) is 2. The summed E-state index contributed by atoms with van der Waals surface area (Å²) < 4.78 is 6.87. The molecule has 1 aliphatic carbocycles. The van der Waals surface area contributed by atoms with Crippen molar-refractivity contribution in [2.24, 2.45) is 7.05 Å². The lowest BCUT2D eigenvalue weighted by Gasteiger charge is -2.18. The molecular formula is C21H19N3O4S2. The molecule has 1 aliphatic heterocycles. The molecule has 154 valence electrons. The van der Waals surface area contributed by atoms with Gasteiger partial charge < -0.3 is 10.1 Å². The standard InChI is InChI=1S/C21H19N3O4S2/c1-24-20(27)18-12-4-2-3-5-16(12)30-19(18)23-21(24)29-10-14(25)11-6-7-15-13(8-11)22-17(26)9-28-15/h6-8H,2-5,9-10H2,1H3,(H,22,26). The van der Waals surface area contributed by atoms with E-state index in [1.165, 1.54) is 22.2 Å². The highest BCUT2D eigenvalue weighted by Gasteiger charge is 2.22. The van der Waals surface area contributed by atoms with E-state index in [1.807, 2.05) is 0 Å². The van der Waals surface area contributed by atoms with Crippen molar-refractivity contribution in [1.82, 2.24) is 9.55 Å². The summed E-state index contributed by atoms with van der Waals surface area (Å²) in [6.45, 7) is -0.0233. The zero-order valence-corrected chi connectivity index (χ0v) is 18.0. The zero-order valence-electron chi connectivity index (χ0n) is 16.3. The number of nitrogens with one attached hydrogen (secondary N) is 1. The number of benzene rings is 1. The van der Waals surface area contributed by atoms with Crippen LogP contribution in [-0.4, -0.2) is 33.6 Å². The summed E-state index contributed by atoms with van der Waals surface area (Å²) in [6, 6.07) is 4.99. The molecule has 0 saturated carbocycles. The summed E-state index contributed by atoms with van der Waals surface area (Å²) in [7, 11) is 1.71. The molecule has 7 nitrogen and oxygen atoms in total. The molecule has 0 fully saturated rings. The quantitative estimate of drug-likeness (QED) is 0.380. The van der Waals surface area contributed by atoms with Gasteiger partial charge in [0, 0.05) is 17.5 Å². The monoisotopic (exact) mass is 441 g/mol. The average Bonchev–Trinajstić information content (AvgIpc) is 3.12. The van der Waals surface area contributed by atoms with Crippen LogP contribution in [0.5, 0.6) is 5.75 Å². The van der Waals surface area contributed by atoms with Crippen molar-refractivity contribution in [2.75, 3.05) is 17.7 Å². The second-order valence-corrected chi connectivity index (χ2v) is 9.44. The first-order valence-electron chi connectivity index (χ1n) is 9.75. The fourth-order valence-corrected chi connectivity index (χ4v) is 6.04. The molecular weight excluding hydrogens is 422 g/mol. The van der Waals surface area contributed by atoms with Crippen molar-refractivity contribution in [2.45, 2.75) is 30.8 Å². The highest BCUT2D eigenvalue weighted by atomic mass is 32.2. The van der Waals surface area contributed by atoms with Crippen LogP contribution in [0.25, 0.3) is 10.2 Å². The SMILES string of the molecule is Cn1c(SCC(=O)c2ccc3c(c2)NC(=O)CO3)nc2sc3c(c2c1=O)CCCC3. The number of carbonyl (C=O) groups is 2. The van der Waals surface area contributed by atoms with Crippen LogP contribution < -0.4 is 15.6 Å². The van der Waals surface area contributed by atoms with Crippen molar-refractivity contribution in [3.63, 3.8) is 0 Å². The third-order valence-corrected chi connectivity index (χ3v) is 7.64. The van der Waals surface area contributed by atoms with Gasteiger partial charge in [-0.25, -0.2) is 4.98 Å². The lowest BCUT2D eigenvalue weighted by Crippen LogP contribution is -2.25. The van der Waals surface area contributed by atoms with Crippen LogP contribution in [0.1, 0.15) is 33.6 Å². The molecule has 1 N–H and O–H groups in total. The smallest absolute Gasteiger partial charge is 0.262 e. The Kier molecular flexibility index (Phi) is 4.86. The van der Waals surface area contributed by atoms with E-state index >= 15 is 0 Å². The van der Waals surface area contributed by atoms with E-state index in [1.54, 1.807) is 41.2 Å². The summed E-state index contributed by atoms with van der Waals surface area (Å²) in [4.78, 5) is 43.9. The first-order chi connectivity index (χ1) is 14.5. The van der Waals surface area contributed by atoms with Gasteiger partial charge in [0.1, 0.15) is 10.6 Å². The normalized spacial score (nSPS) is 15.3. The van der Waals surface area contributed by atoms with Crippen molar-refractivity contribution in [1.29, 1.82) is 0 Å². The maximum Gasteiger partial charge on any atom is 0.262 e. The molecule has 9 heteroatoms. The minimum atomic E-state index is -0.243. The summed E-state index contributed by atoms with van der Waals surface area (Å²) in [5, 5.41) is 3.99. The third kappa shape index (κ3) is 3.31. The van der Waals surface area contributed by atoms with E-state index in [0.717, 1.165) is 35.9 Å². The van der Waals surface area contributed by atoms with Crippen LogP contribution in [0, 0.1) is 0 Å². The lowest BCUT2D eigenvalue weighted by atomic mass is 9.97. The Morgan fingerprint density at radius 2 is 2.13 bits per heavy atom. The maximum absolute atomic E-state index is 13.0. The molecule has 30 heavy (non-hydrogen) atoms. The molecule has 5 rings (SSSR count). The Balaban J connectivity index is 1.39. The Morgan fingerprint density at radius 1 is 1.30 bits per heavy atom. The first-order valence-corrected chi connectivity index (χ1v) is 11.6. The van der Waals surface area contributed by atoms with Crippen LogP contribution >= 0.6 is 23.1 Å². The van der Waals surface area contributed by atoms with E-state index in [9.17, 15) is 14.4 Å². The van der Waals surface area contributed by atoms with Crippen LogP contribution in [0.4, 0.5) is 5.69 Å². The number of amides is 1. The molecule has 1 amide bonds. The van der Waals surface area contributed by atoms with Gasteiger partial charge in [0.25, 0.3) is 11.5 Å². The van der Waals surface area contributed by atoms with Gasteiger partial charge in [0.15, 0.2) is 17.5 Å². The van der Waals surface area contributed by atoms with Gasteiger partial charge in [-0.05, 0) is 49.4 Å². The summed E-state index contributed by atoms with van der Waals surface area (Å²) in [6.07, 6.45) is 4.22. The van der Waals surface area contributed by atoms with Crippen molar-refractivity contribution >= 4 is 50.7 Å². The number of fused-ring (bicyclic) bond motifs is 4. The number of hydrogen-bond donors (Lipinski definition) is 1. The van der Waals surface area contributed by atoms with Gasteiger partial charge in [0.05, 0.1) is 16.8 Å². The first kappa shape index (κ1) is 19.3. The maximum atomic E-state index is 13.0. The number of ether oxygens (including phenoxy) is 1. The molecule has 3 aromatic rings. The predicted molar refractivity (Wildman–Crippen MR) is 117 cm³/mol. The fraction of sp³-hybridized carbons (Fsp3) is 0.333. The Morgan fingerprint density at radius 3 is 3.00 bits per heavy atom. The second kappa shape index (κ2) is 7.55. The van der Waals surface area contributed by atoms with Gasteiger partial charge >= 0.3 is 0 Å². The minimum absolute atomic E-state index is 0.0233. The van der Waals surface area contributed by atoms with E-state index in [-0.39, 0.29) is 29.6 Å². The van der Waals surface area contributed by atoms with Crippen LogP contribution in [0.15, 0.2) is 28.2 Å². The molecule has 0 spiro atoms. The number of Topliss-reactive ketones (excluding diaryl/α,β-unsaturated/α-hetero) is 1. The van der Waals surface area contributed by atoms with Gasteiger partial charge in [0.2, 0.25) is 0 Å². The van der Waals surface area contributed by atoms with Crippen LogP contribution in [0.2, 0.25) is 0 Å². The van der Waals surface area contributed by atoms with Crippen molar-refractivity contribution < 1.29 is 14.3 Å². The second-order valence-electron chi connectivity index (χ2n) is 7.41. The number of thiophene rings is 1. The van der Waals surface area contributed by atoms with E-state index in [2.05, 4.69) is 5.32 Å². The minimum Gasteiger partial charge on any atom is -0.482 e. The Hall–Kier alpha value is -2.65. The Labute approximate surface area is 180 Å². The van der Waals surface area contributed by atoms with Crippen LogP contribution in [0.3, 0.4) is 0 Å². The van der Waals surface area contributed by atoms with E-state index < -0.39 is 0 Å². The number of ketones is 1. The van der Waals surface area contributed by atoms with Crippen molar-refractivity contribution in [3.8, 4) is 5.75 Å². The highest BCUT2D eigenvalue weighted by Crippen LogP contribution is 2.35. The highest BCUT2D eigenvalue weighted by molar-refractivity contribution is 7.99. The summed E-state index contributed by atoms with van der Waals surface area (Å²) in [5.41, 5.74) is 2.10. The number of aryl methyl sites for hydroxylation is 2. The third-order valence-electron chi connectivity index (χ3n) is 5.42. The van der Waals surface area contributed by atoms with Gasteiger partial charge in [-0.2, -0.15) is 0 Å². The molecule has 2 aromatic heterocycles. The molecule has 0 bridgehead atoms. The van der Waals surface area contributed by atoms with E-state index in [4.69, 9.17) is 9.72 Å². The largest absolute Gasteiger partial charge is 0.482 e. The summed E-state index contributed by atoms with van der Waals surface area (Å²) >= 11 is 2.86. The fourth-order valence-electron chi connectivity index (χ4n) is 3.87. The zero-order chi connectivity index (χ0) is 20.8. The Bertz CT molecular complexity index is 1260. The van der Waals surface area contributed by atoms with Crippen LogP contribution in [-0.2, 0) is 24.7 Å². The predicted octanol–water partition coefficient (Wildman–Crippen LogP) is 3.18. The van der Waals surface area contributed by atoms with Gasteiger partial charge in [-0.15, -0.1) is 11.3 Å². The molecule has 0 saturated heterocycles. The molecule has 0 radical (unpaired) electrons. The molecule has 0 unspecified atom stereocenters. The molecule has 0 atom stereocenters. The number of carbonyl (C=O) groups excluding carboxylic acids is 2. The number of hydrogen-bond acceptors (Lipinski definition) is 7.